The van der Waals surface area contributed by atoms with Crippen molar-refractivity contribution in [2.75, 3.05) is 32.6 Å². The number of fused-ring (bicyclic) bond motifs is 1. The molecule has 3 aromatic carbocycles. The Morgan fingerprint density at radius 1 is 1.08 bits per heavy atom. The average Bonchev–Trinajstić information content (AvgIpc) is 3.54. The SMILES string of the molecule is COC(=O)c1ccc(O[N+]2(C(=O)Cc3ccc4nc(Nc5ccccc5C)oc4c3)CC[C@@H](OC)C2)cc1. The minimum Gasteiger partial charge on any atom is -0.465 e. The van der Waals surface area contributed by atoms with Gasteiger partial charge >= 0.3 is 11.9 Å². The van der Waals surface area contributed by atoms with Gasteiger partial charge in [0, 0.05) is 19.2 Å². The third-order valence-corrected chi connectivity index (χ3v) is 6.85. The number of aromatic nitrogens is 1. The zero-order chi connectivity index (χ0) is 26.7. The lowest BCUT2D eigenvalue weighted by Crippen LogP contribution is -2.55. The number of hydroxylamine groups is 3. The molecule has 9 heteroatoms. The molecule has 1 amide bonds. The minimum absolute atomic E-state index is 0.0971. The zero-order valence-corrected chi connectivity index (χ0v) is 21.6. The Morgan fingerprint density at radius 2 is 1.87 bits per heavy atom. The smallest absolute Gasteiger partial charge is 0.359 e. The standard InChI is InChI=1S/C29H30N3O6/c1-19-6-4-5-7-24(19)30-29-31-25-13-8-20(16-26(25)37-29)17-27(33)32(15-14-23(18-32)35-2)38-22-11-9-21(10-12-22)28(34)36-3/h4-13,16,23H,14-15,17-18H2,1-3H3,(H,30,31)/q+1/t23-,32?/m1/s1. The van der Waals surface area contributed by atoms with Crippen LogP contribution in [0.3, 0.4) is 0 Å². The average molecular weight is 517 g/mol. The highest BCUT2D eigenvalue weighted by Crippen LogP contribution is 2.29. The number of ether oxygens (including phenoxy) is 2. The van der Waals surface area contributed by atoms with Gasteiger partial charge in [-0.25, -0.2) is 9.59 Å². The number of hydrogen-bond donors (Lipinski definition) is 1. The van der Waals surface area contributed by atoms with Gasteiger partial charge in [-0.1, -0.05) is 28.9 Å². The number of methoxy groups -OCH3 is 2. The first kappa shape index (κ1) is 25.4. The third-order valence-electron chi connectivity index (χ3n) is 6.85. The molecule has 9 nitrogen and oxygen atoms in total. The number of aryl methyl sites for hydroxylation is 1. The summed E-state index contributed by atoms with van der Waals surface area (Å²) in [6.07, 6.45) is 0.742. The lowest BCUT2D eigenvalue weighted by atomic mass is 10.1. The Balaban J connectivity index is 1.35. The summed E-state index contributed by atoms with van der Waals surface area (Å²) >= 11 is 0. The summed E-state index contributed by atoms with van der Waals surface area (Å²) in [4.78, 5) is 36.3. The molecule has 0 spiro atoms. The molecule has 1 aliphatic rings. The minimum atomic E-state index is -0.433. The van der Waals surface area contributed by atoms with E-state index >= 15 is 0 Å². The largest absolute Gasteiger partial charge is 0.465 e. The number of nitrogens with zero attached hydrogens (tertiary/aromatic N) is 2. The fourth-order valence-corrected chi connectivity index (χ4v) is 4.67. The topological polar surface area (TPSA) is 99.9 Å². The second kappa shape index (κ2) is 10.6. The lowest BCUT2D eigenvalue weighted by Gasteiger charge is -2.29. The summed E-state index contributed by atoms with van der Waals surface area (Å²) in [6, 6.07) is 20.4. The van der Waals surface area contributed by atoms with Gasteiger partial charge in [0.1, 0.15) is 18.2 Å². The number of quaternary nitrogens is 1. The molecular formula is C29H30N3O6+. The molecule has 0 saturated carbocycles. The van der Waals surface area contributed by atoms with E-state index in [0.29, 0.717) is 47.9 Å². The van der Waals surface area contributed by atoms with E-state index in [0.717, 1.165) is 16.8 Å². The van der Waals surface area contributed by atoms with Crippen LogP contribution in [0, 0.1) is 6.92 Å². The lowest BCUT2D eigenvalue weighted by molar-refractivity contribution is -1.01. The summed E-state index contributed by atoms with van der Waals surface area (Å²) in [6.45, 7) is 2.88. The number of rotatable bonds is 8. The van der Waals surface area contributed by atoms with Crippen molar-refractivity contribution in [1.29, 1.82) is 0 Å². The number of carbonyl (C=O) groups excluding carboxylic acids is 2. The van der Waals surface area contributed by atoms with Crippen molar-refractivity contribution < 1.29 is 33.0 Å². The summed E-state index contributed by atoms with van der Waals surface area (Å²) in [5, 5.41) is 3.22. The summed E-state index contributed by atoms with van der Waals surface area (Å²) in [5.41, 5.74) is 4.49. The second-order valence-corrected chi connectivity index (χ2v) is 9.38. The molecule has 1 fully saturated rings. The van der Waals surface area contributed by atoms with Crippen LogP contribution in [0.1, 0.15) is 27.9 Å². The molecular weight excluding hydrogens is 486 g/mol. The number of oxazole rings is 1. The first-order chi connectivity index (χ1) is 18.4. The fraction of sp³-hybridized carbons (Fsp3) is 0.276. The highest BCUT2D eigenvalue weighted by atomic mass is 16.7. The van der Waals surface area contributed by atoms with E-state index in [1.165, 1.54) is 7.11 Å². The Labute approximate surface area is 220 Å². The van der Waals surface area contributed by atoms with Crippen LogP contribution in [0.5, 0.6) is 5.75 Å². The van der Waals surface area contributed by atoms with Gasteiger partial charge in [0.2, 0.25) is 0 Å². The maximum atomic E-state index is 13.7. The van der Waals surface area contributed by atoms with Crippen molar-refractivity contribution >= 4 is 34.7 Å². The molecule has 1 aliphatic heterocycles. The van der Waals surface area contributed by atoms with Crippen LogP contribution >= 0.6 is 0 Å². The van der Waals surface area contributed by atoms with Gasteiger partial charge in [-0.2, -0.15) is 4.98 Å². The number of para-hydroxylation sites is 1. The highest BCUT2D eigenvalue weighted by molar-refractivity contribution is 5.89. The second-order valence-electron chi connectivity index (χ2n) is 9.38. The van der Waals surface area contributed by atoms with Crippen molar-refractivity contribution in [3.8, 4) is 5.75 Å². The molecule has 0 bridgehead atoms. The number of amides is 1. The van der Waals surface area contributed by atoms with Gasteiger partial charge in [-0.3, -0.25) is 0 Å². The maximum absolute atomic E-state index is 13.7. The molecule has 1 saturated heterocycles. The summed E-state index contributed by atoms with van der Waals surface area (Å²) < 4.78 is 16.0. The predicted octanol–water partition coefficient (Wildman–Crippen LogP) is 4.97. The van der Waals surface area contributed by atoms with Gasteiger partial charge in [0.15, 0.2) is 17.9 Å². The van der Waals surface area contributed by atoms with Gasteiger partial charge in [0.25, 0.3) is 6.01 Å². The van der Waals surface area contributed by atoms with Crippen molar-refractivity contribution in [3.05, 3.63) is 83.4 Å². The van der Waals surface area contributed by atoms with Gasteiger partial charge in [-0.05, 0) is 60.5 Å². The summed E-state index contributed by atoms with van der Waals surface area (Å²) in [7, 11) is 2.97. The number of anilines is 2. The number of carbonyl (C=O) groups is 2. The molecule has 5 rings (SSSR count). The van der Waals surface area contributed by atoms with Crippen molar-refractivity contribution in [3.63, 3.8) is 0 Å². The van der Waals surface area contributed by atoms with E-state index in [9.17, 15) is 9.59 Å². The molecule has 0 radical (unpaired) electrons. The monoisotopic (exact) mass is 516 g/mol. The quantitative estimate of drug-likeness (QED) is 0.259. The van der Waals surface area contributed by atoms with E-state index < -0.39 is 5.97 Å². The Kier molecular flexibility index (Phi) is 7.13. The van der Waals surface area contributed by atoms with E-state index in [1.54, 1.807) is 31.4 Å². The maximum Gasteiger partial charge on any atom is 0.359 e. The Morgan fingerprint density at radius 3 is 2.58 bits per heavy atom. The zero-order valence-electron chi connectivity index (χ0n) is 21.6. The molecule has 4 aromatic rings. The van der Waals surface area contributed by atoms with Crippen LogP contribution < -0.4 is 10.2 Å². The number of likely N-dealkylation sites (tertiary alicyclic amines) is 1. The molecule has 0 aliphatic carbocycles. The van der Waals surface area contributed by atoms with Crippen LogP contribution in [0.4, 0.5) is 11.7 Å². The van der Waals surface area contributed by atoms with Crippen molar-refractivity contribution in [2.45, 2.75) is 25.9 Å². The highest BCUT2D eigenvalue weighted by Gasteiger charge is 2.48. The molecule has 2 atom stereocenters. The first-order valence-electron chi connectivity index (χ1n) is 12.4. The first-order valence-corrected chi connectivity index (χ1v) is 12.4. The fourth-order valence-electron chi connectivity index (χ4n) is 4.67. The molecule has 38 heavy (non-hydrogen) atoms. The van der Waals surface area contributed by atoms with Gasteiger partial charge in [0.05, 0.1) is 19.1 Å². The molecule has 1 N–H and O–H groups in total. The van der Waals surface area contributed by atoms with E-state index in [1.807, 2.05) is 49.4 Å². The van der Waals surface area contributed by atoms with E-state index in [2.05, 4.69) is 10.3 Å². The molecule has 196 valence electrons. The summed E-state index contributed by atoms with van der Waals surface area (Å²) in [5.74, 6) is -0.0451. The molecule has 2 heterocycles. The van der Waals surface area contributed by atoms with Crippen molar-refractivity contribution in [2.24, 2.45) is 0 Å². The van der Waals surface area contributed by atoms with Crippen LogP contribution in [0.15, 0.2) is 71.1 Å². The molecule has 1 unspecified atom stereocenters. The Hall–Kier alpha value is -4.21. The van der Waals surface area contributed by atoms with Crippen molar-refractivity contribution in [1.82, 2.24) is 4.98 Å². The number of nitrogens with one attached hydrogen (secondary N) is 1. The van der Waals surface area contributed by atoms with Crippen LogP contribution in [-0.2, 0) is 20.7 Å². The van der Waals surface area contributed by atoms with E-state index in [-0.39, 0.29) is 23.1 Å². The molecule has 1 aromatic heterocycles. The number of hydrogen-bond acceptors (Lipinski definition) is 8. The van der Waals surface area contributed by atoms with Gasteiger partial charge in [-0.15, -0.1) is 0 Å². The van der Waals surface area contributed by atoms with Crippen LogP contribution in [0.25, 0.3) is 11.1 Å². The normalized spacial score (nSPS) is 18.9. The Bertz CT molecular complexity index is 1460. The van der Waals surface area contributed by atoms with Crippen LogP contribution in [-0.4, -0.2) is 54.9 Å². The predicted molar refractivity (Wildman–Crippen MR) is 141 cm³/mol. The number of esters is 1. The van der Waals surface area contributed by atoms with Crippen LogP contribution in [0.2, 0.25) is 0 Å². The third kappa shape index (κ3) is 5.25. The number of benzene rings is 3. The van der Waals surface area contributed by atoms with Gasteiger partial charge < -0.3 is 24.0 Å². The van der Waals surface area contributed by atoms with E-state index in [4.69, 9.17) is 18.7 Å².